The molecule has 0 aromatic heterocycles. The minimum atomic E-state index is -0.900. The zero-order valence-electron chi connectivity index (χ0n) is 11.6. The van der Waals surface area contributed by atoms with Gasteiger partial charge in [0.2, 0.25) is 5.91 Å². The molecule has 5 nitrogen and oxygen atoms in total. The number of hydrogen-bond acceptors (Lipinski definition) is 3. The number of hydrogen-bond donors (Lipinski definition) is 2. The van der Waals surface area contributed by atoms with Crippen LogP contribution >= 0.6 is 0 Å². The van der Waals surface area contributed by atoms with Crippen molar-refractivity contribution < 1.29 is 14.7 Å². The summed E-state index contributed by atoms with van der Waals surface area (Å²) in [7, 11) is 0. The fraction of sp³-hybridized carbons (Fsp3) is 0.467. The van der Waals surface area contributed by atoms with Crippen LogP contribution in [-0.2, 0) is 9.59 Å². The Morgan fingerprint density at radius 1 is 1.40 bits per heavy atom. The van der Waals surface area contributed by atoms with E-state index in [-0.39, 0.29) is 5.91 Å². The molecule has 0 saturated carbocycles. The standard InChI is InChI=1S/C15H20N2O3/c1-11-5-2-3-6-12(11)16-9-8-14(18)17-10-4-7-13(17)15(19)20/h2-3,5-6,13,16H,4,7-10H2,1H3,(H,19,20)/t13-/m0/s1. The van der Waals surface area contributed by atoms with E-state index >= 15 is 0 Å². The lowest BCUT2D eigenvalue weighted by Gasteiger charge is -2.21. The quantitative estimate of drug-likeness (QED) is 0.861. The maximum absolute atomic E-state index is 12.1. The topological polar surface area (TPSA) is 69.6 Å². The van der Waals surface area contributed by atoms with Gasteiger partial charge in [-0.1, -0.05) is 18.2 Å². The van der Waals surface area contributed by atoms with Gasteiger partial charge in [0.1, 0.15) is 6.04 Å². The van der Waals surface area contributed by atoms with Gasteiger partial charge in [0.15, 0.2) is 0 Å². The van der Waals surface area contributed by atoms with Gasteiger partial charge in [0, 0.05) is 25.2 Å². The van der Waals surface area contributed by atoms with Crippen LogP contribution in [0.5, 0.6) is 0 Å². The van der Waals surface area contributed by atoms with Crippen LogP contribution in [0.15, 0.2) is 24.3 Å². The van der Waals surface area contributed by atoms with Gasteiger partial charge in [0.05, 0.1) is 0 Å². The van der Waals surface area contributed by atoms with Gasteiger partial charge in [-0.05, 0) is 31.4 Å². The fourth-order valence-corrected chi connectivity index (χ4v) is 2.54. The van der Waals surface area contributed by atoms with Gasteiger partial charge in [-0.3, -0.25) is 4.79 Å². The van der Waals surface area contributed by atoms with Crippen molar-refractivity contribution in [1.82, 2.24) is 4.90 Å². The summed E-state index contributed by atoms with van der Waals surface area (Å²) in [6, 6.07) is 7.24. The number of likely N-dealkylation sites (tertiary alicyclic amines) is 1. The summed E-state index contributed by atoms with van der Waals surface area (Å²) < 4.78 is 0. The normalized spacial score (nSPS) is 18.1. The van der Waals surface area contributed by atoms with Crippen molar-refractivity contribution in [3.8, 4) is 0 Å². The molecule has 1 fully saturated rings. The Morgan fingerprint density at radius 3 is 2.85 bits per heavy atom. The first kappa shape index (κ1) is 14.4. The zero-order chi connectivity index (χ0) is 14.5. The molecule has 1 atom stereocenters. The molecule has 20 heavy (non-hydrogen) atoms. The van der Waals surface area contributed by atoms with E-state index in [2.05, 4.69) is 5.32 Å². The maximum atomic E-state index is 12.1. The number of carboxylic acids is 1. The van der Waals surface area contributed by atoms with E-state index in [9.17, 15) is 9.59 Å². The predicted molar refractivity (Wildman–Crippen MR) is 76.7 cm³/mol. The summed E-state index contributed by atoms with van der Waals surface area (Å²) >= 11 is 0. The summed E-state index contributed by atoms with van der Waals surface area (Å²) in [4.78, 5) is 24.6. The SMILES string of the molecule is Cc1ccccc1NCCC(=O)N1CCC[C@H]1C(=O)O. The van der Waals surface area contributed by atoms with E-state index in [1.54, 1.807) is 0 Å². The molecule has 1 aliphatic heterocycles. The van der Waals surface area contributed by atoms with Crippen LogP contribution in [0.3, 0.4) is 0 Å². The smallest absolute Gasteiger partial charge is 0.326 e. The van der Waals surface area contributed by atoms with Crippen molar-refractivity contribution in [1.29, 1.82) is 0 Å². The number of anilines is 1. The Labute approximate surface area is 118 Å². The summed E-state index contributed by atoms with van der Waals surface area (Å²) in [5, 5.41) is 12.3. The summed E-state index contributed by atoms with van der Waals surface area (Å²) in [5.74, 6) is -0.987. The van der Waals surface area contributed by atoms with E-state index < -0.39 is 12.0 Å². The number of aliphatic carboxylic acids is 1. The average molecular weight is 276 g/mol. The third-order valence-electron chi connectivity index (χ3n) is 3.66. The van der Waals surface area contributed by atoms with Gasteiger partial charge in [-0.15, -0.1) is 0 Å². The Balaban J connectivity index is 1.84. The van der Waals surface area contributed by atoms with Crippen molar-refractivity contribution >= 4 is 17.6 Å². The number of carboxylic acid groups (broad SMARTS) is 1. The second kappa shape index (κ2) is 6.41. The molecule has 5 heteroatoms. The third kappa shape index (κ3) is 3.29. The largest absolute Gasteiger partial charge is 0.480 e. The highest BCUT2D eigenvalue weighted by molar-refractivity contribution is 5.84. The zero-order valence-corrected chi connectivity index (χ0v) is 11.6. The molecule has 0 radical (unpaired) electrons. The molecule has 0 unspecified atom stereocenters. The average Bonchev–Trinajstić information content (AvgIpc) is 2.90. The van der Waals surface area contributed by atoms with Crippen molar-refractivity contribution in [2.24, 2.45) is 0 Å². The lowest BCUT2D eigenvalue weighted by atomic mass is 10.2. The number of amides is 1. The van der Waals surface area contributed by atoms with E-state index in [1.807, 2.05) is 31.2 Å². The molecule has 1 saturated heterocycles. The molecule has 1 aliphatic rings. The third-order valence-corrected chi connectivity index (χ3v) is 3.66. The molecule has 0 aliphatic carbocycles. The van der Waals surface area contributed by atoms with Crippen LogP contribution in [0.25, 0.3) is 0 Å². The first-order valence-corrected chi connectivity index (χ1v) is 6.91. The van der Waals surface area contributed by atoms with Crippen molar-refractivity contribution in [3.05, 3.63) is 29.8 Å². The number of carbonyl (C=O) groups excluding carboxylic acids is 1. The molecule has 1 amide bonds. The number of aryl methyl sites for hydroxylation is 1. The van der Waals surface area contributed by atoms with Crippen LogP contribution in [0.4, 0.5) is 5.69 Å². The Bertz CT molecular complexity index is 502. The molecular weight excluding hydrogens is 256 g/mol. The van der Waals surface area contributed by atoms with E-state index in [4.69, 9.17) is 5.11 Å². The molecular formula is C15H20N2O3. The highest BCUT2D eigenvalue weighted by atomic mass is 16.4. The Hall–Kier alpha value is -2.04. The Kier molecular flexibility index (Phi) is 4.61. The van der Waals surface area contributed by atoms with Gasteiger partial charge in [0.25, 0.3) is 0 Å². The van der Waals surface area contributed by atoms with Gasteiger partial charge in [-0.2, -0.15) is 0 Å². The van der Waals surface area contributed by atoms with Crippen LogP contribution in [-0.4, -0.2) is 41.0 Å². The van der Waals surface area contributed by atoms with Crippen molar-refractivity contribution in [2.45, 2.75) is 32.2 Å². The molecule has 0 bridgehead atoms. The van der Waals surface area contributed by atoms with Crippen molar-refractivity contribution in [3.63, 3.8) is 0 Å². The van der Waals surface area contributed by atoms with Crippen LogP contribution in [0, 0.1) is 6.92 Å². The highest BCUT2D eigenvalue weighted by Crippen LogP contribution is 2.19. The number of benzene rings is 1. The molecule has 1 aromatic carbocycles. The van der Waals surface area contributed by atoms with Crippen LogP contribution < -0.4 is 5.32 Å². The minimum absolute atomic E-state index is 0.0871. The van der Waals surface area contributed by atoms with Crippen LogP contribution in [0.2, 0.25) is 0 Å². The summed E-state index contributed by atoms with van der Waals surface area (Å²) in [6.07, 6.45) is 1.65. The molecule has 108 valence electrons. The highest BCUT2D eigenvalue weighted by Gasteiger charge is 2.33. The molecule has 2 rings (SSSR count). The van der Waals surface area contributed by atoms with Crippen molar-refractivity contribution in [2.75, 3.05) is 18.4 Å². The van der Waals surface area contributed by atoms with E-state index in [1.165, 1.54) is 4.90 Å². The number of carbonyl (C=O) groups is 2. The Morgan fingerprint density at radius 2 is 2.15 bits per heavy atom. The number of nitrogens with zero attached hydrogens (tertiary/aromatic N) is 1. The minimum Gasteiger partial charge on any atom is -0.480 e. The molecule has 1 aromatic rings. The molecule has 0 spiro atoms. The van der Waals surface area contributed by atoms with Gasteiger partial charge < -0.3 is 15.3 Å². The van der Waals surface area contributed by atoms with E-state index in [0.717, 1.165) is 17.7 Å². The second-order valence-corrected chi connectivity index (χ2v) is 5.08. The maximum Gasteiger partial charge on any atom is 0.326 e. The summed E-state index contributed by atoms with van der Waals surface area (Å²) in [6.45, 7) is 3.08. The lowest BCUT2D eigenvalue weighted by Crippen LogP contribution is -2.40. The number of nitrogens with one attached hydrogen (secondary N) is 1. The van der Waals surface area contributed by atoms with Crippen LogP contribution in [0.1, 0.15) is 24.8 Å². The predicted octanol–water partition coefficient (Wildman–Crippen LogP) is 1.87. The fourth-order valence-electron chi connectivity index (χ4n) is 2.54. The van der Waals surface area contributed by atoms with E-state index in [0.29, 0.717) is 25.9 Å². The lowest BCUT2D eigenvalue weighted by molar-refractivity contribution is -0.148. The first-order chi connectivity index (χ1) is 9.59. The molecule has 1 heterocycles. The number of para-hydroxylation sites is 1. The molecule has 2 N–H and O–H groups in total. The number of rotatable bonds is 5. The second-order valence-electron chi connectivity index (χ2n) is 5.08. The first-order valence-electron chi connectivity index (χ1n) is 6.91. The van der Waals surface area contributed by atoms with Gasteiger partial charge in [-0.25, -0.2) is 4.79 Å². The monoisotopic (exact) mass is 276 g/mol. The van der Waals surface area contributed by atoms with Gasteiger partial charge >= 0.3 is 5.97 Å². The summed E-state index contributed by atoms with van der Waals surface area (Å²) in [5.41, 5.74) is 2.14.